The van der Waals surface area contributed by atoms with Crippen LogP contribution in [0.4, 0.5) is 0 Å². The molecule has 0 aliphatic carbocycles. The number of rotatable bonds is 3. The first kappa shape index (κ1) is 15.5. The molecule has 7 nitrogen and oxygen atoms in total. The summed E-state index contributed by atoms with van der Waals surface area (Å²) >= 11 is 0. The molecular formula is C16H21N5O2. The number of likely N-dealkylation sites (tertiary alicyclic amines) is 1. The van der Waals surface area contributed by atoms with E-state index < -0.39 is 0 Å². The lowest BCUT2D eigenvalue weighted by atomic mass is 9.92. The van der Waals surface area contributed by atoms with E-state index in [0.717, 1.165) is 5.69 Å². The van der Waals surface area contributed by atoms with E-state index >= 15 is 0 Å². The minimum absolute atomic E-state index is 0.0532. The molecule has 1 saturated heterocycles. The first-order chi connectivity index (χ1) is 10.8. The Labute approximate surface area is 134 Å². The fourth-order valence-corrected chi connectivity index (χ4v) is 2.62. The van der Waals surface area contributed by atoms with E-state index in [9.17, 15) is 9.59 Å². The normalized spacial score (nSPS) is 15.5. The highest BCUT2D eigenvalue weighted by Crippen LogP contribution is 2.21. The van der Waals surface area contributed by atoms with Crippen molar-refractivity contribution in [3.63, 3.8) is 0 Å². The first-order valence-electron chi connectivity index (χ1n) is 7.72. The lowest BCUT2D eigenvalue weighted by Crippen LogP contribution is -2.52. The molecule has 1 aliphatic rings. The van der Waals surface area contributed by atoms with E-state index in [-0.39, 0.29) is 22.8 Å². The fourth-order valence-electron chi connectivity index (χ4n) is 2.62. The predicted octanol–water partition coefficient (Wildman–Crippen LogP) is 1.04. The summed E-state index contributed by atoms with van der Waals surface area (Å²) in [4.78, 5) is 25.8. The van der Waals surface area contributed by atoms with Gasteiger partial charge in [-0.1, -0.05) is 20.8 Å². The third-order valence-electron chi connectivity index (χ3n) is 4.04. The average Bonchev–Trinajstić information content (AvgIpc) is 2.96. The van der Waals surface area contributed by atoms with Crippen LogP contribution in [0.2, 0.25) is 0 Å². The maximum absolute atomic E-state index is 12.1. The van der Waals surface area contributed by atoms with Crippen LogP contribution in [0.3, 0.4) is 0 Å². The van der Waals surface area contributed by atoms with Gasteiger partial charge < -0.3 is 4.90 Å². The molecular weight excluding hydrogens is 294 g/mol. The van der Waals surface area contributed by atoms with Gasteiger partial charge in [0, 0.05) is 36.7 Å². The van der Waals surface area contributed by atoms with Crippen molar-refractivity contribution in [2.75, 3.05) is 13.1 Å². The Balaban J connectivity index is 1.64. The molecule has 3 heterocycles. The number of nitrogens with zero attached hydrogens (tertiary/aromatic N) is 4. The summed E-state index contributed by atoms with van der Waals surface area (Å²) in [5.74, 6) is 0.199. The van der Waals surface area contributed by atoms with Crippen molar-refractivity contribution in [1.82, 2.24) is 24.9 Å². The highest BCUT2D eigenvalue weighted by atomic mass is 16.2. The first-order valence-corrected chi connectivity index (χ1v) is 7.72. The van der Waals surface area contributed by atoms with Gasteiger partial charge in [0.05, 0.1) is 12.2 Å². The largest absolute Gasteiger partial charge is 0.337 e. The van der Waals surface area contributed by atoms with Gasteiger partial charge in [-0.25, -0.2) is 4.68 Å². The number of carbonyl (C=O) groups excluding carboxylic acids is 1. The predicted molar refractivity (Wildman–Crippen MR) is 85.2 cm³/mol. The Hall–Kier alpha value is -2.44. The number of H-pyrrole nitrogens is 1. The van der Waals surface area contributed by atoms with Gasteiger partial charge in [0.1, 0.15) is 5.69 Å². The molecule has 0 atom stereocenters. The van der Waals surface area contributed by atoms with Gasteiger partial charge in [0.2, 0.25) is 0 Å². The number of hydrogen-bond acceptors (Lipinski definition) is 4. The third-order valence-corrected chi connectivity index (χ3v) is 4.04. The number of aromatic nitrogens is 4. The SMILES string of the molecule is CC(C)(C)c1ccc(=O)n(CC2CN(C(=O)c3ccn[nH]3)C2)n1. The van der Waals surface area contributed by atoms with Gasteiger partial charge in [-0.05, 0) is 12.1 Å². The molecule has 23 heavy (non-hydrogen) atoms. The molecule has 0 bridgehead atoms. The van der Waals surface area contributed by atoms with Crippen molar-refractivity contribution in [2.45, 2.75) is 32.7 Å². The molecule has 0 spiro atoms. The smallest absolute Gasteiger partial charge is 0.271 e. The van der Waals surface area contributed by atoms with Gasteiger partial charge >= 0.3 is 0 Å². The van der Waals surface area contributed by atoms with Crippen LogP contribution in [0, 0.1) is 5.92 Å². The number of nitrogens with one attached hydrogen (secondary N) is 1. The van der Waals surface area contributed by atoms with Crippen molar-refractivity contribution in [3.05, 3.63) is 46.1 Å². The van der Waals surface area contributed by atoms with Crippen LogP contribution in [0.1, 0.15) is 37.0 Å². The lowest BCUT2D eigenvalue weighted by molar-refractivity contribution is 0.0451. The lowest BCUT2D eigenvalue weighted by Gasteiger charge is -2.39. The summed E-state index contributed by atoms with van der Waals surface area (Å²) in [6.45, 7) is 8.00. The van der Waals surface area contributed by atoms with Crippen LogP contribution in [0.15, 0.2) is 29.2 Å². The Bertz CT molecular complexity index is 752. The Kier molecular flexibility index (Phi) is 3.79. The summed E-state index contributed by atoms with van der Waals surface area (Å²) in [7, 11) is 0. The Morgan fingerprint density at radius 3 is 2.65 bits per heavy atom. The van der Waals surface area contributed by atoms with Crippen LogP contribution in [-0.4, -0.2) is 43.9 Å². The molecule has 0 aromatic carbocycles. The van der Waals surface area contributed by atoms with E-state index in [1.807, 2.05) is 0 Å². The summed E-state index contributed by atoms with van der Waals surface area (Å²) in [5.41, 5.74) is 1.18. The van der Waals surface area contributed by atoms with E-state index in [1.165, 1.54) is 4.68 Å². The molecule has 1 fully saturated rings. The molecule has 1 amide bonds. The fraction of sp³-hybridized carbons (Fsp3) is 0.500. The van der Waals surface area contributed by atoms with Crippen molar-refractivity contribution in [3.8, 4) is 0 Å². The number of hydrogen-bond donors (Lipinski definition) is 1. The van der Waals surface area contributed by atoms with E-state index in [0.29, 0.717) is 25.3 Å². The van der Waals surface area contributed by atoms with Gasteiger partial charge in [-0.3, -0.25) is 14.7 Å². The molecule has 0 saturated carbocycles. The Morgan fingerprint density at radius 1 is 1.30 bits per heavy atom. The van der Waals surface area contributed by atoms with E-state index in [4.69, 9.17) is 0 Å². The number of carbonyl (C=O) groups is 1. The second kappa shape index (κ2) is 5.64. The molecule has 2 aromatic heterocycles. The Morgan fingerprint density at radius 2 is 2.04 bits per heavy atom. The zero-order valence-corrected chi connectivity index (χ0v) is 13.6. The second-order valence-corrected chi connectivity index (χ2v) is 7.04. The van der Waals surface area contributed by atoms with Crippen LogP contribution in [0.25, 0.3) is 0 Å². The average molecular weight is 315 g/mol. The van der Waals surface area contributed by atoms with Crippen LogP contribution < -0.4 is 5.56 Å². The number of aromatic amines is 1. The van der Waals surface area contributed by atoms with Crippen LogP contribution >= 0.6 is 0 Å². The van der Waals surface area contributed by atoms with Gasteiger partial charge in [0.25, 0.3) is 11.5 Å². The highest BCUT2D eigenvalue weighted by Gasteiger charge is 2.32. The number of amides is 1. The van der Waals surface area contributed by atoms with Gasteiger partial charge in [-0.15, -0.1) is 0 Å². The van der Waals surface area contributed by atoms with Crippen molar-refractivity contribution >= 4 is 5.91 Å². The van der Waals surface area contributed by atoms with Gasteiger partial charge in [-0.2, -0.15) is 10.2 Å². The monoisotopic (exact) mass is 315 g/mol. The molecule has 2 aromatic rings. The van der Waals surface area contributed by atoms with E-state index in [1.54, 1.807) is 29.3 Å². The minimum Gasteiger partial charge on any atom is -0.337 e. The molecule has 0 unspecified atom stereocenters. The van der Waals surface area contributed by atoms with Crippen molar-refractivity contribution < 1.29 is 4.79 Å². The molecule has 7 heteroatoms. The van der Waals surface area contributed by atoms with Crippen molar-refractivity contribution in [2.24, 2.45) is 5.92 Å². The maximum atomic E-state index is 12.1. The maximum Gasteiger partial charge on any atom is 0.271 e. The topological polar surface area (TPSA) is 83.9 Å². The summed E-state index contributed by atoms with van der Waals surface area (Å²) in [6.07, 6.45) is 1.56. The zero-order valence-electron chi connectivity index (χ0n) is 13.6. The van der Waals surface area contributed by atoms with Crippen molar-refractivity contribution in [1.29, 1.82) is 0 Å². The molecule has 1 aliphatic heterocycles. The van der Waals surface area contributed by atoms with E-state index in [2.05, 4.69) is 36.1 Å². The molecule has 0 radical (unpaired) electrons. The van der Waals surface area contributed by atoms with Gasteiger partial charge in [0.15, 0.2) is 0 Å². The minimum atomic E-state index is -0.101. The third kappa shape index (κ3) is 3.18. The summed E-state index contributed by atoms with van der Waals surface area (Å²) in [5, 5.41) is 10.9. The van der Waals surface area contributed by atoms with Crippen LogP contribution in [-0.2, 0) is 12.0 Å². The molecule has 3 rings (SSSR count). The molecule has 1 N–H and O–H groups in total. The zero-order chi connectivity index (χ0) is 16.6. The second-order valence-electron chi connectivity index (χ2n) is 7.04. The standard InChI is InChI=1S/C16H21N5O2/c1-16(2,3)13-4-5-14(22)21(19-13)10-11-8-20(9-11)15(23)12-6-7-17-18-12/h4-7,11H,8-10H2,1-3H3,(H,17,18). The molecule has 122 valence electrons. The summed E-state index contributed by atoms with van der Waals surface area (Å²) in [6, 6.07) is 5.02. The van der Waals surface area contributed by atoms with Crippen LogP contribution in [0.5, 0.6) is 0 Å². The summed E-state index contributed by atoms with van der Waals surface area (Å²) < 4.78 is 1.52. The quantitative estimate of drug-likeness (QED) is 0.917. The highest BCUT2D eigenvalue weighted by molar-refractivity contribution is 5.92.